The number of para-hydroxylation sites is 1. The zero-order valence-corrected chi connectivity index (χ0v) is 21.3. The van der Waals surface area contributed by atoms with Gasteiger partial charge in [-0.1, -0.05) is 74.9 Å². The minimum absolute atomic E-state index is 0.148. The molecular weight excluding hydrogens is 428 g/mol. The Morgan fingerprint density at radius 3 is 2.57 bits per heavy atom. The lowest BCUT2D eigenvalue weighted by molar-refractivity contribution is 0.184. The smallest absolute Gasteiger partial charge is 0.0564 e. The summed E-state index contributed by atoms with van der Waals surface area (Å²) in [6.07, 6.45) is 6.56. The molecule has 35 heavy (non-hydrogen) atoms. The lowest BCUT2D eigenvalue weighted by atomic mass is 9.75. The van der Waals surface area contributed by atoms with Crippen LogP contribution in [0, 0.1) is 5.92 Å². The molecule has 3 atom stereocenters. The van der Waals surface area contributed by atoms with Crippen LogP contribution < -0.4 is 10.2 Å². The highest BCUT2D eigenvalue weighted by atomic mass is 16.5. The SMILES string of the molecule is C=CC1NC2=C(C)/C(=C\C(C)CC)N(c3ccccc3)c3cc4ccccc4c(c32)C1CCOC. The van der Waals surface area contributed by atoms with Crippen LogP contribution in [0.25, 0.3) is 16.5 Å². The average molecular weight is 465 g/mol. The predicted octanol–water partition coefficient (Wildman–Crippen LogP) is 7.93. The van der Waals surface area contributed by atoms with Crippen LogP contribution in [0.2, 0.25) is 0 Å². The third-order valence-corrected chi connectivity index (χ3v) is 7.66. The van der Waals surface area contributed by atoms with E-state index in [1.165, 1.54) is 50.2 Å². The van der Waals surface area contributed by atoms with Crippen molar-refractivity contribution in [2.24, 2.45) is 5.92 Å². The van der Waals surface area contributed by atoms with E-state index in [9.17, 15) is 0 Å². The van der Waals surface area contributed by atoms with Crippen molar-refractivity contribution < 1.29 is 4.74 Å². The summed E-state index contributed by atoms with van der Waals surface area (Å²) in [6, 6.07) is 22.1. The molecule has 0 saturated carbocycles. The average Bonchev–Trinajstić information content (AvgIpc) is 2.90. The monoisotopic (exact) mass is 464 g/mol. The van der Waals surface area contributed by atoms with E-state index >= 15 is 0 Å². The topological polar surface area (TPSA) is 24.5 Å². The van der Waals surface area contributed by atoms with Gasteiger partial charge >= 0.3 is 0 Å². The molecule has 0 radical (unpaired) electrons. The molecule has 1 N–H and O–H groups in total. The van der Waals surface area contributed by atoms with Crippen molar-refractivity contribution >= 4 is 27.8 Å². The number of allylic oxidation sites excluding steroid dienone is 2. The van der Waals surface area contributed by atoms with E-state index in [0.717, 1.165) is 12.8 Å². The molecule has 0 bridgehead atoms. The molecule has 180 valence electrons. The molecule has 3 aromatic carbocycles. The second-order valence-electron chi connectivity index (χ2n) is 9.81. The van der Waals surface area contributed by atoms with Crippen LogP contribution in [-0.2, 0) is 4.74 Å². The highest BCUT2D eigenvalue weighted by molar-refractivity contribution is 6.02. The number of anilines is 2. The van der Waals surface area contributed by atoms with E-state index in [2.05, 4.69) is 110 Å². The summed E-state index contributed by atoms with van der Waals surface area (Å²) in [6.45, 7) is 11.8. The quantitative estimate of drug-likeness (QED) is 0.359. The first-order valence-corrected chi connectivity index (χ1v) is 12.8. The van der Waals surface area contributed by atoms with E-state index in [-0.39, 0.29) is 12.0 Å². The van der Waals surface area contributed by atoms with Crippen molar-refractivity contribution in [3.8, 4) is 0 Å². The van der Waals surface area contributed by atoms with Gasteiger partial charge in [-0.3, -0.25) is 0 Å². The Labute approximate surface area is 209 Å². The lowest BCUT2D eigenvalue weighted by Gasteiger charge is -2.44. The van der Waals surface area contributed by atoms with E-state index in [1.807, 2.05) is 0 Å². The molecular formula is C32H36N2O. The van der Waals surface area contributed by atoms with Gasteiger partial charge in [0, 0.05) is 42.3 Å². The van der Waals surface area contributed by atoms with E-state index in [1.54, 1.807) is 7.11 Å². The van der Waals surface area contributed by atoms with Gasteiger partial charge in [-0.15, -0.1) is 6.58 Å². The van der Waals surface area contributed by atoms with Crippen molar-refractivity contribution in [2.75, 3.05) is 18.6 Å². The van der Waals surface area contributed by atoms with E-state index in [4.69, 9.17) is 4.74 Å². The van der Waals surface area contributed by atoms with Gasteiger partial charge in [-0.25, -0.2) is 0 Å². The standard InChI is InChI=1S/C32H36N2O/c1-6-21(3)19-28-22(4)32-31-29(34(28)24-14-9-8-10-15-24)20-23-13-11-12-16-25(23)30(31)26(17-18-35-5)27(7-2)33-32/h7-16,19-21,26-27,33H,2,6,17-18H2,1,3-5H3/b28-19+. The van der Waals surface area contributed by atoms with Gasteiger partial charge in [0.05, 0.1) is 11.7 Å². The highest BCUT2D eigenvalue weighted by Crippen LogP contribution is 2.52. The van der Waals surface area contributed by atoms with Crippen molar-refractivity contribution in [2.45, 2.75) is 45.6 Å². The minimum atomic E-state index is 0.148. The van der Waals surface area contributed by atoms with Crippen molar-refractivity contribution in [1.82, 2.24) is 5.32 Å². The van der Waals surface area contributed by atoms with Gasteiger partial charge in [0.1, 0.15) is 0 Å². The van der Waals surface area contributed by atoms with Crippen LogP contribution >= 0.6 is 0 Å². The molecule has 0 saturated heterocycles. The molecule has 3 unspecified atom stereocenters. The summed E-state index contributed by atoms with van der Waals surface area (Å²) in [5.74, 6) is 0.753. The number of hydrogen-bond acceptors (Lipinski definition) is 3. The maximum absolute atomic E-state index is 5.55. The number of ether oxygens (including phenoxy) is 1. The minimum Gasteiger partial charge on any atom is -0.385 e. The van der Waals surface area contributed by atoms with Crippen molar-refractivity contribution in [1.29, 1.82) is 0 Å². The van der Waals surface area contributed by atoms with Crippen LogP contribution in [-0.4, -0.2) is 19.8 Å². The van der Waals surface area contributed by atoms with Crippen molar-refractivity contribution in [3.05, 3.63) is 102 Å². The predicted molar refractivity (Wildman–Crippen MR) is 149 cm³/mol. The molecule has 2 aliphatic heterocycles. The molecule has 0 amide bonds. The first-order valence-electron chi connectivity index (χ1n) is 12.8. The molecule has 0 aliphatic carbocycles. The van der Waals surface area contributed by atoms with Crippen LogP contribution in [0.1, 0.15) is 50.7 Å². The third-order valence-electron chi connectivity index (χ3n) is 7.66. The number of nitrogens with zero attached hydrogens (tertiary/aromatic N) is 1. The second-order valence-corrected chi connectivity index (χ2v) is 9.81. The number of nitrogens with one attached hydrogen (secondary N) is 1. The lowest BCUT2D eigenvalue weighted by Crippen LogP contribution is -2.41. The fourth-order valence-corrected chi connectivity index (χ4v) is 5.66. The van der Waals surface area contributed by atoms with Gasteiger partial charge in [0.15, 0.2) is 0 Å². The number of hydrogen-bond donors (Lipinski definition) is 1. The van der Waals surface area contributed by atoms with Crippen LogP contribution in [0.4, 0.5) is 11.4 Å². The molecule has 3 aromatic rings. The third kappa shape index (κ3) is 3.98. The zero-order valence-electron chi connectivity index (χ0n) is 21.3. The largest absolute Gasteiger partial charge is 0.385 e. The van der Waals surface area contributed by atoms with Crippen LogP contribution in [0.15, 0.2) is 90.7 Å². The first kappa shape index (κ1) is 23.4. The van der Waals surface area contributed by atoms with Gasteiger partial charge in [-0.2, -0.15) is 0 Å². The Morgan fingerprint density at radius 2 is 1.86 bits per heavy atom. The molecule has 2 aliphatic rings. The summed E-state index contributed by atoms with van der Waals surface area (Å²) in [5.41, 5.74) is 8.97. The summed E-state index contributed by atoms with van der Waals surface area (Å²) in [5, 5.41) is 6.51. The summed E-state index contributed by atoms with van der Waals surface area (Å²) >= 11 is 0. The number of rotatable bonds is 7. The fraction of sp³-hybridized carbons (Fsp3) is 0.312. The molecule has 0 aromatic heterocycles. The second kappa shape index (κ2) is 9.75. The summed E-state index contributed by atoms with van der Waals surface area (Å²) in [7, 11) is 1.79. The number of benzene rings is 3. The normalized spacial score (nSPS) is 21.1. The Balaban J connectivity index is 1.88. The van der Waals surface area contributed by atoms with Crippen LogP contribution in [0.5, 0.6) is 0 Å². The fourth-order valence-electron chi connectivity index (χ4n) is 5.66. The molecule has 5 rings (SSSR count). The number of methoxy groups -OCH3 is 1. The van der Waals surface area contributed by atoms with Crippen molar-refractivity contribution in [3.63, 3.8) is 0 Å². The molecule has 3 heteroatoms. The first-order chi connectivity index (χ1) is 17.1. The number of fused-ring (bicyclic) bond motifs is 2. The maximum atomic E-state index is 5.55. The van der Waals surface area contributed by atoms with Gasteiger partial charge in [0.2, 0.25) is 0 Å². The van der Waals surface area contributed by atoms with E-state index < -0.39 is 0 Å². The van der Waals surface area contributed by atoms with Gasteiger partial charge in [-0.05, 0) is 59.4 Å². The molecule has 3 nitrogen and oxygen atoms in total. The summed E-state index contributed by atoms with van der Waals surface area (Å²) < 4.78 is 5.55. The Morgan fingerprint density at radius 1 is 1.11 bits per heavy atom. The zero-order chi connectivity index (χ0) is 24.5. The Kier molecular flexibility index (Phi) is 6.53. The Bertz CT molecular complexity index is 1300. The molecule has 2 heterocycles. The maximum Gasteiger partial charge on any atom is 0.0564 e. The molecule has 0 fully saturated rings. The van der Waals surface area contributed by atoms with Gasteiger partial charge in [0.25, 0.3) is 0 Å². The van der Waals surface area contributed by atoms with E-state index in [0.29, 0.717) is 12.5 Å². The highest BCUT2D eigenvalue weighted by Gasteiger charge is 2.39. The van der Waals surface area contributed by atoms with Crippen LogP contribution in [0.3, 0.4) is 0 Å². The Hall–Kier alpha value is -3.30. The van der Waals surface area contributed by atoms with Gasteiger partial charge < -0.3 is 15.0 Å². The molecule has 0 spiro atoms. The summed E-state index contributed by atoms with van der Waals surface area (Å²) in [4.78, 5) is 2.47.